The fourth-order valence-electron chi connectivity index (χ4n) is 2.09. The SMILES string of the molecule is Cc1nc(CCNC(=O)NC(C)CC(O)c2ccco2)cs1. The molecule has 2 aromatic heterocycles. The highest BCUT2D eigenvalue weighted by Gasteiger charge is 2.16. The van der Waals surface area contributed by atoms with E-state index >= 15 is 0 Å². The largest absolute Gasteiger partial charge is 0.467 e. The summed E-state index contributed by atoms with van der Waals surface area (Å²) in [5.74, 6) is 0.507. The normalized spacial score (nSPS) is 13.6. The van der Waals surface area contributed by atoms with Gasteiger partial charge >= 0.3 is 6.03 Å². The lowest BCUT2D eigenvalue weighted by Gasteiger charge is -2.17. The number of aliphatic hydroxyl groups is 1. The molecule has 6 nitrogen and oxygen atoms in total. The summed E-state index contributed by atoms with van der Waals surface area (Å²) in [5.41, 5.74) is 0.990. The summed E-state index contributed by atoms with van der Waals surface area (Å²) < 4.78 is 5.13. The molecule has 0 saturated heterocycles. The topological polar surface area (TPSA) is 87.4 Å². The van der Waals surface area contributed by atoms with Crippen LogP contribution in [0.1, 0.15) is 35.9 Å². The fraction of sp³-hybridized carbons (Fsp3) is 0.467. The predicted molar refractivity (Wildman–Crippen MR) is 84.8 cm³/mol. The van der Waals surface area contributed by atoms with Gasteiger partial charge in [-0.1, -0.05) is 0 Å². The van der Waals surface area contributed by atoms with Crippen LogP contribution in [-0.2, 0) is 6.42 Å². The van der Waals surface area contributed by atoms with E-state index in [1.165, 1.54) is 6.26 Å². The minimum Gasteiger partial charge on any atom is -0.467 e. The molecule has 0 radical (unpaired) electrons. The van der Waals surface area contributed by atoms with Crippen LogP contribution in [0.5, 0.6) is 0 Å². The maximum Gasteiger partial charge on any atom is 0.315 e. The predicted octanol–water partition coefficient (Wildman–Crippen LogP) is 2.40. The van der Waals surface area contributed by atoms with Crippen molar-refractivity contribution >= 4 is 17.4 Å². The molecule has 7 heteroatoms. The number of nitrogens with one attached hydrogen (secondary N) is 2. The highest BCUT2D eigenvalue weighted by atomic mass is 32.1. The van der Waals surface area contributed by atoms with Gasteiger partial charge in [0.1, 0.15) is 11.9 Å². The van der Waals surface area contributed by atoms with E-state index in [0.29, 0.717) is 25.1 Å². The van der Waals surface area contributed by atoms with Crippen LogP contribution in [0.4, 0.5) is 4.79 Å². The van der Waals surface area contributed by atoms with Crippen molar-refractivity contribution in [1.29, 1.82) is 0 Å². The maximum absolute atomic E-state index is 11.8. The van der Waals surface area contributed by atoms with E-state index in [-0.39, 0.29) is 12.1 Å². The molecule has 2 rings (SSSR count). The summed E-state index contributed by atoms with van der Waals surface area (Å²) in [6, 6.07) is 3.03. The Morgan fingerprint density at radius 2 is 2.36 bits per heavy atom. The van der Waals surface area contributed by atoms with Crippen LogP contribution in [0, 0.1) is 6.92 Å². The monoisotopic (exact) mass is 323 g/mol. The summed E-state index contributed by atoms with van der Waals surface area (Å²) in [6.07, 6.45) is 1.90. The number of hydrogen-bond donors (Lipinski definition) is 3. The number of aliphatic hydroxyl groups excluding tert-OH is 1. The maximum atomic E-state index is 11.8. The first-order chi connectivity index (χ1) is 10.5. The number of aryl methyl sites for hydroxylation is 1. The van der Waals surface area contributed by atoms with Gasteiger partial charge < -0.3 is 20.2 Å². The molecule has 0 aliphatic carbocycles. The summed E-state index contributed by atoms with van der Waals surface area (Å²) in [5, 5.41) is 18.6. The van der Waals surface area contributed by atoms with Crippen LogP contribution in [0.2, 0.25) is 0 Å². The van der Waals surface area contributed by atoms with E-state index < -0.39 is 6.10 Å². The molecule has 120 valence electrons. The van der Waals surface area contributed by atoms with Gasteiger partial charge in [-0.3, -0.25) is 0 Å². The van der Waals surface area contributed by atoms with Crippen molar-refractivity contribution in [3.63, 3.8) is 0 Å². The van der Waals surface area contributed by atoms with Gasteiger partial charge in [0.15, 0.2) is 0 Å². The standard InChI is InChI=1S/C15H21N3O3S/c1-10(8-13(19)14-4-3-7-21-14)17-15(20)16-6-5-12-9-22-11(2)18-12/h3-4,7,9-10,13,19H,5-6,8H2,1-2H3,(H2,16,17,20). The quantitative estimate of drug-likeness (QED) is 0.730. The van der Waals surface area contributed by atoms with Crippen molar-refractivity contribution in [2.45, 2.75) is 38.8 Å². The number of urea groups is 1. The molecule has 0 bridgehead atoms. The molecule has 0 fully saturated rings. The first-order valence-electron chi connectivity index (χ1n) is 7.21. The zero-order valence-corrected chi connectivity index (χ0v) is 13.5. The number of furan rings is 1. The van der Waals surface area contributed by atoms with Crippen LogP contribution < -0.4 is 10.6 Å². The number of carbonyl (C=O) groups is 1. The molecule has 0 spiro atoms. The third kappa shape index (κ3) is 5.16. The molecule has 2 heterocycles. The van der Waals surface area contributed by atoms with Crippen LogP contribution in [-0.4, -0.2) is 28.7 Å². The third-order valence-corrected chi connectivity index (χ3v) is 3.98. The zero-order valence-electron chi connectivity index (χ0n) is 12.7. The lowest BCUT2D eigenvalue weighted by atomic mass is 10.1. The molecule has 0 aliphatic heterocycles. The van der Waals surface area contributed by atoms with Crippen LogP contribution in [0.15, 0.2) is 28.2 Å². The van der Waals surface area contributed by atoms with Gasteiger partial charge in [0.05, 0.1) is 17.0 Å². The smallest absolute Gasteiger partial charge is 0.315 e. The van der Waals surface area contributed by atoms with Gasteiger partial charge in [0.25, 0.3) is 0 Å². The van der Waals surface area contributed by atoms with Crippen LogP contribution >= 0.6 is 11.3 Å². The number of hydrogen-bond acceptors (Lipinski definition) is 5. The Balaban J connectivity index is 1.65. The fourth-order valence-corrected chi connectivity index (χ4v) is 2.74. The molecule has 0 aromatic carbocycles. The number of rotatable bonds is 7. The first-order valence-corrected chi connectivity index (χ1v) is 8.09. The Bertz CT molecular complexity index is 583. The Hall–Kier alpha value is -1.86. The second-order valence-electron chi connectivity index (χ2n) is 5.18. The number of aromatic nitrogens is 1. The van der Waals surface area contributed by atoms with E-state index in [1.807, 2.05) is 19.2 Å². The molecule has 0 aliphatic rings. The van der Waals surface area contributed by atoms with E-state index in [0.717, 1.165) is 10.7 Å². The number of nitrogens with zero attached hydrogens (tertiary/aromatic N) is 1. The summed E-state index contributed by atoms with van der Waals surface area (Å²) in [7, 11) is 0. The Labute approximate surface area is 133 Å². The molecule has 2 amide bonds. The first kappa shape index (κ1) is 16.5. The molecular weight excluding hydrogens is 302 g/mol. The number of carbonyl (C=O) groups excluding carboxylic acids is 1. The lowest BCUT2D eigenvalue weighted by Crippen LogP contribution is -2.42. The van der Waals surface area contributed by atoms with Crippen molar-refractivity contribution in [2.75, 3.05) is 6.54 Å². The van der Waals surface area contributed by atoms with E-state index in [4.69, 9.17) is 4.42 Å². The summed E-state index contributed by atoms with van der Waals surface area (Å²) in [6.45, 7) is 4.33. The molecule has 2 aromatic rings. The average Bonchev–Trinajstić information content (AvgIpc) is 3.10. The van der Waals surface area contributed by atoms with Gasteiger partial charge in [-0.2, -0.15) is 0 Å². The lowest BCUT2D eigenvalue weighted by molar-refractivity contribution is 0.129. The second-order valence-corrected chi connectivity index (χ2v) is 6.24. The van der Waals surface area contributed by atoms with Gasteiger partial charge in [0, 0.05) is 30.8 Å². The Kier molecular flexibility index (Phi) is 5.97. The number of thiazole rings is 1. The zero-order chi connectivity index (χ0) is 15.9. The van der Waals surface area contributed by atoms with Gasteiger partial charge in [-0.25, -0.2) is 9.78 Å². The van der Waals surface area contributed by atoms with Crippen LogP contribution in [0.3, 0.4) is 0 Å². The average molecular weight is 323 g/mol. The minimum atomic E-state index is -0.719. The van der Waals surface area contributed by atoms with Crippen molar-refractivity contribution < 1.29 is 14.3 Å². The van der Waals surface area contributed by atoms with Crippen molar-refractivity contribution in [2.24, 2.45) is 0 Å². The van der Waals surface area contributed by atoms with Crippen molar-refractivity contribution in [3.8, 4) is 0 Å². The molecule has 2 unspecified atom stereocenters. The van der Waals surface area contributed by atoms with E-state index in [9.17, 15) is 9.90 Å². The van der Waals surface area contributed by atoms with Gasteiger partial charge in [-0.15, -0.1) is 11.3 Å². The second kappa shape index (κ2) is 7.95. The molecular formula is C15H21N3O3S. The minimum absolute atomic E-state index is 0.165. The molecule has 22 heavy (non-hydrogen) atoms. The Morgan fingerprint density at radius 1 is 1.55 bits per heavy atom. The molecule has 0 saturated carbocycles. The van der Waals surface area contributed by atoms with E-state index in [1.54, 1.807) is 23.5 Å². The highest BCUT2D eigenvalue weighted by molar-refractivity contribution is 7.09. The summed E-state index contributed by atoms with van der Waals surface area (Å²) in [4.78, 5) is 16.1. The third-order valence-electron chi connectivity index (χ3n) is 3.16. The summed E-state index contributed by atoms with van der Waals surface area (Å²) >= 11 is 1.60. The van der Waals surface area contributed by atoms with Crippen molar-refractivity contribution in [3.05, 3.63) is 40.2 Å². The number of amides is 2. The van der Waals surface area contributed by atoms with Gasteiger partial charge in [0.2, 0.25) is 0 Å². The van der Waals surface area contributed by atoms with Gasteiger partial charge in [-0.05, 0) is 26.0 Å². The Morgan fingerprint density at radius 3 is 3.00 bits per heavy atom. The van der Waals surface area contributed by atoms with E-state index in [2.05, 4.69) is 15.6 Å². The van der Waals surface area contributed by atoms with Crippen LogP contribution in [0.25, 0.3) is 0 Å². The highest BCUT2D eigenvalue weighted by Crippen LogP contribution is 2.18. The van der Waals surface area contributed by atoms with Crippen molar-refractivity contribution in [1.82, 2.24) is 15.6 Å². The molecule has 2 atom stereocenters. The molecule has 3 N–H and O–H groups in total.